The van der Waals surface area contributed by atoms with Crippen LogP contribution in [0.5, 0.6) is 0 Å². The minimum atomic E-state index is -3.93. The predicted octanol–water partition coefficient (Wildman–Crippen LogP) is 5.39. The Kier molecular flexibility index (Phi) is 8.39. The van der Waals surface area contributed by atoms with Gasteiger partial charge in [0, 0.05) is 13.1 Å². The van der Waals surface area contributed by atoms with Gasteiger partial charge in [0.15, 0.2) is 0 Å². The van der Waals surface area contributed by atoms with Gasteiger partial charge in [-0.15, -0.1) is 0 Å². The Morgan fingerprint density at radius 3 is 2.08 bits per heavy atom. The van der Waals surface area contributed by atoms with Crippen LogP contribution in [0.25, 0.3) is 16.6 Å². The Morgan fingerprint density at radius 2 is 1.49 bits per heavy atom. The van der Waals surface area contributed by atoms with E-state index in [1.807, 2.05) is 80.5 Å². The average molecular weight is 547 g/mol. The summed E-state index contributed by atoms with van der Waals surface area (Å²) in [5, 5.41) is 0.487. The van der Waals surface area contributed by atoms with Gasteiger partial charge < -0.3 is 4.90 Å². The van der Waals surface area contributed by atoms with E-state index in [-0.39, 0.29) is 22.4 Å². The van der Waals surface area contributed by atoms with Crippen LogP contribution in [-0.4, -0.2) is 54.4 Å². The molecule has 1 unspecified atom stereocenters. The summed E-state index contributed by atoms with van der Waals surface area (Å²) in [5.41, 5.74) is 1.93. The lowest BCUT2D eigenvalue weighted by Gasteiger charge is -2.32. The second kappa shape index (κ2) is 11.4. The molecule has 3 aromatic carbocycles. The van der Waals surface area contributed by atoms with E-state index >= 15 is 0 Å². The third-order valence-corrected chi connectivity index (χ3v) is 8.87. The van der Waals surface area contributed by atoms with Gasteiger partial charge in [0.1, 0.15) is 5.82 Å². The van der Waals surface area contributed by atoms with Gasteiger partial charge in [0.05, 0.1) is 27.5 Å². The predicted molar refractivity (Wildman–Crippen MR) is 158 cm³/mol. The first-order valence-electron chi connectivity index (χ1n) is 13.3. The summed E-state index contributed by atoms with van der Waals surface area (Å²) in [7, 11) is -0.103. The highest BCUT2D eigenvalue weighted by Crippen LogP contribution is 2.32. The zero-order valence-corrected chi connectivity index (χ0v) is 24.4. The van der Waals surface area contributed by atoms with Gasteiger partial charge in [-0.2, -0.15) is 4.31 Å². The maximum atomic E-state index is 14.3. The second-order valence-electron chi connectivity index (χ2n) is 11.1. The van der Waals surface area contributed by atoms with Crippen LogP contribution in [0.15, 0.2) is 88.6 Å². The van der Waals surface area contributed by atoms with E-state index in [1.54, 1.807) is 28.8 Å². The molecule has 4 aromatic rings. The fourth-order valence-electron chi connectivity index (χ4n) is 4.72. The molecule has 1 aromatic heterocycles. The quantitative estimate of drug-likeness (QED) is 0.282. The summed E-state index contributed by atoms with van der Waals surface area (Å²) in [6, 6.07) is 23.0. The molecule has 0 aliphatic rings. The van der Waals surface area contributed by atoms with E-state index in [1.165, 1.54) is 4.31 Å². The third kappa shape index (κ3) is 5.98. The number of fused-ring (bicyclic) bond motifs is 1. The minimum absolute atomic E-state index is 0.0976. The fraction of sp³-hybridized carbons (Fsp3) is 0.355. The highest BCUT2D eigenvalue weighted by molar-refractivity contribution is 7.89. The van der Waals surface area contributed by atoms with Crippen LogP contribution in [-0.2, 0) is 15.4 Å². The molecule has 0 spiro atoms. The summed E-state index contributed by atoms with van der Waals surface area (Å²) in [5.74, 6) is 0.404. The van der Waals surface area contributed by atoms with Crippen molar-refractivity contribution in [3.05, 3.63) is 101 Å². The molecule has 0 saturated carbocycles. The van der Waals surface area contributed by atoms with E-state index < -0.39 is 16.1 Å². The highest BCUT2D eigenvalue weighted by atomic mass is 32.2. The first kappa shape index (κ1) is 28.7. The number of aromatic nitrogens is 2. The lowest BCUT2D eigenvalue weighted by Crippen LogP contribution is -2.41. The molecule has 0 radical (unpaired) electrons. The molecule has 0 bridgehead atoms. The van der Waals surface area contributed by atoms with E-state index in [2.05, 4.69) is 20.8 Å². The standard InChI is InChI=1S/C31H38N4O3S/c1-7-28(29-32-27-16-12-11-15-26(27)30(36)35(29)24-13-9-8-10-14-24)34(22-21-33(5)6)39(37,38)25-19-17-23(18-20-25)31(2,3)4/h8-20,28H,7,21-22H2,1-6H3. The van der Waals surface area contributed by atoms with E-state index in [0.29, 0.717) is 35.4 Å². The molecule has 1 atom stereocenters. The lowest BCUT2D eigenvalue weighted by molar-refractivity contribution is 0.267. The highest BCUT2D eigenvalue weighted by Gasteiger charge is 2.35. The Balaban J connectivity index is 1.94. The number of para-hydroxylation sites is 2. The SMILES string of the molecule is CCC(c1nc2ccccc2c(=O)n1-c1ccccc1)N(CCN(C)C)S(=O)(=O)c1ccc(C(C)(C)C)cc1. The van der Waals surface area contributed by atoms with Crippen LogP contribution >= 0.6 is 0 Å². The molecule has 39 heavy (non-hydrogen) atoms. The Bertz CT molecular complexity index is 1590. The first-order chi connectivity index (χ1) is 18.4. The number of likely N-dealkylation sites (N-methyl/N-ethyl adjacent to an activating group) is 1. The average Bonchev–Trinajstić information content (AvgIpc) is 2.91. The summed E-state index contributed by atoms with van der Waals surface area (Å²) in [6.45, 7) is 8.98. The number of hydrogen-bond donors (Lipinski definition) is 0. The smallest absolute Gasteiger partial charge is 0.266 e. The number of hydrogen-bond acceptors (Lipinski definition) is 5. The van der Waals surface area contributed by atoms with Crippen molar-refractivity contribution in [2.24, 2.45) is 0 Å². The normalized spacial score (nSPS) is 13.3. The molecule has 0 saturated heterocycles. The summed E-state index contributed by atoms with van der Waals surface area (Å²) in [6.07, 6.45) is 0.435. The van der Waals surface area contributed by atoms with Gasteiger partial charge >= 0.3 is 0 Å². The lowest BCUT2D eigenvalue weighted by atomic mass is 9.87. The minimum Gasteiger partial charge on any atom is -0.308 e. The van der Waals surface area contributed by atoms with Gasteiger partial charge in [-0.25, -0.2) is 13.4 Å². The summed E-state index contributed by atoms with van der Waals surface area (Å²) in [4.78, 5) is 21.0. The molecule has 8 heteroatoms. The van der Waals surface area contributed by atoms with Crippen LogP contribution in [0.1, 0.15) is 51.5 Å². The first-order valence-corrected chi connectivity index (χ1v) is 14.7. The number of nitrogens with zero attached hydrogens (tertiary/aromatic N) is 4. The van der Waals surface area contributed by atoms with Gasteiger partial charge in [0.2, 0.25) is 10.0 Å². The maximum absolute atomic E-state index is 14.3. The van der Waals surface area contributed by atoms with Crippen molar-refractivity contribution in [1.82, 2.24) is 18.8 Å². The largest absolute Gasteiger partial charge is 0.308 e. The molecule has 0 fully saturated rings. The molecule has 4 rings (SSSR count). The van der Waals surface area contributed by atoms with Crippen molar-refractivity contribution in [3.63, 3.8) is 0 Å². The molecule has 0 aliphatic carbocycles. The zero-order chi connectivity index (χ0) is 28.4. The maximum Gasteiger partial charge on any atom is 0.266 e. The zero-order valence-electron chi connectivity index (χ0n) is 23.6. The van der Waals surface area contributed by atoms with Gasteiger partial charge in [-0.05, 0) is 67.9 Å². The molecule has 1 heterocycles. The number of benzene rings is 3. The van der Waals surface area contributed by atoms with Crippen LogP contribution < -0.4 is 5.56 Å². The van der Waals surface area contributed by atoms with E-state index in [4.69, 9.17) is 4.98 Å². The van der Waals surface area contributed by atoms with E-state index in [0.717, 1.165) is 5.56 Å². The molecule has 0 aliphatic heterocycles. The topological polar surface area (TPSA) is 75.5 Å². The summed E-state index contributed by atoms with van der Waals surface area (Å²) < 4.78 is 31.6. The molecular formula is C31H38N4O3S. The van der Waals surface area contributed by atoms with Crippen molar-refractivity contribution >= 4 is 20.9 Å². The molecule has 0 amide bonds. The molecular weight excluding hydrogens is 508 g/mol. The van der Waals surface area contributed by atoms with Gasteiger partial charge in [0.25, 0.3) is 5.56 Å². The molecule has 206 valence electrons. The summed E-state index contributed by atoms with van der Waals surface area (Å²) >= 11 is 0. The Morgan fingerprint density at radius 1 is 0.872 bits per heavy atom. The van der Waals surface area contributed by atoms with Crippen molar-refractivity contribution in [3.8, 4) is 5.69 Å². The van der Waals surface area contributed by atoms with E-state index in [9.17, 15) is 13.2 Å². The Labute approximate surface area is 231 Å². The fourth-order valence-corrected chi connectivity index (χ4v) is 6.37. The van der Waals surface area contributed by atoms with Crippen molar-refractivity contribution in [1.29, 1.82) is 0 Å². The Hall–Kier alpha value is -3.33. The van der Waals surface area contributed by atoms with Gasteiger partial charge in [-0.1, -0.05) is 70.2 Å². The van der Waals surface area contributed by atoms with Crippen molar-refractivity contribution in [2.75, 3.05) is 27.2 Å². The van der Waals surface area contributed by atoms with Crippen molar-refractivity contribution < 1.29 is 8.42 Å². The van der Waals surface area contributed by atoms with Crippen LogP contribution in [0.3, 0.4) is 0 Å². The third-order valence-electron chi connectivity index (χ3n) is 6.94. The molecule has 7 nitrogen and oxygen atoms in total. The van der Waals surface area contributed by atoms with Crippen LogP contribution in [0.2, 0.25) is 0 Å². The number of rotatable bonds is 9. The van der Waals surface area contributed by atoms with Gasteiger partial charge in [-0.3, -0.25) is 9.36 Å². The number of sulfonamides is 1. The second-order valence-corrected chi connectivity index (χ2v) is 13.0. The molecule has 0 N–H and O–H groups in total. The monoisotopic (exact) mass is 546 g/mol. The van der Waals surface area contributed by atoms with Crippen LogP contribution in [0, 0.1) is 0 Å². The van der Waals surface area contributed by atoms with Crippen LogP contribution in [0.4, 0.5) is 0 Å². The van der Waals surface area contributed by atoms with Crippen molar-refractivity contribution in [2.45, 2.75) is 50.5 Å².